The molecule has 0 aliphatic carbocycles. The smallest absolute Gasteiger partial charge is 0.187 e. The molecule has 3 nitrogen and oxygen atoms in total. The molecule has 0 radical (unpaired) electrons. The van der Waals surface area contributed by atoms with Crippen LogP contribution in [0.25, 0.3) is 22.0 Å². The minimum atomic E-state index is -0.0263. The monoisotopic (exact) mass is 324 g/mol. The molecule has 4 rings (SSSR count). The molecule has 2 aromatic heterocycles. The van der Waals surface area contributed by atoms with E-state index in [9.17, 15) is 4.79 Å². The Balaban J connectivity index is 1.81. The summed E-state index contributed by atoms with van der Waals surface area (Å²) in [6.45, 7) is 0. The third-order valence-corrected chi connectivity index (χ3v) is 4.15. The Labute approximate surface area is 146 Å². The van der Waals surface area contributed by atoms with Crippen LogP contribution in [-0.2, 0) is 6.42 Å². The lowest BCUT2D eigenvalue weighted by molar-refractivity contribution is 0.0987. The highest BCUT2D eigenvalue weighted by Crippen LogP contribution is 2.28. The minimum Gasteiger partial charge on any atom is -0.292 e. The second kappa shape index (κ2) is 6.65. The van der Waals surface area contributed by atoms with Crippen molar-refractivity contribution in [3.05, 3.63) is 96.4 Å². The van der Waals surface area contributed by atoms with Gasteiger partial charge in [-0.1, -0.05) is 54.6 Å². The second-order valence-corrected chi connectivity index (χ2v) is 5.86. The minimum absolute atomic E-state index is 0.0263. The van der Waals surface area contributed by atoms with Crippen molar-refractivity contribution in [1.82, 2.24) is 9.97 Å². The lowest BCUT2D eigenvalue weighted by atomic mass is 9.98. The first-order valence-electron chi connectivity index (χ1n) is 8.19. The van der Waals surface area contributed by atoms with Crippen LogP contribution in [-0.4, -0.2) is 15.8 Å². The lowest BCUT2D eigenvalue weighted by Gasteiger charge is -2.09. The van der Waals surface area contributed by atoms with Crippen molar-refractivity contribution >= 4 is 16.7 Å². The van der Waals surface area contributed by atoms with Crippen molar-refractivity contribution in [3.8, 4) is 11.1 Å². The molecule has 0 bridgehead atoms. The fourth-order valence-corrected chi connectivity index (χ4v) is 2.93. The predicted molar refractivity (Wildman–Crippen MR) is 99.5 cm³/mol. The summed E-state index contributed by atoms with van der Waals surface area (Å²) in [5.74, 6) is -0.0263. The third kappa shape index (κ3) is 3.17. The van der Waals surface area contributed by atoms with Gasteiger partial charge in [0.05, 0.1) is 11.9 Å². The highest BCUT2D eigenvalue weighted by atomic mass is 16.1. The molecule has 0 aliphatic rings. The molecule has 4 aromatic rings. The van der Waals surface area contributed by atoms with Crippen LogP contribution in [0.15, 0.2) is 85.1 Å². The van der Waals surface area contributed by atoms with E-state index >= 15 is 0 Å². The molecule has 0 spiro atoms. The van der Waals surface area contributed by atoms with Crippen LogP contribution in [0.4, 0.5) is 0 Å². The molecule has 0 fully saturated rings. The van der Waals surface area contributed by atoms with Crippen LogP contribution in [0.3, 0.4) is 0 Å². The molecule has 2 aromatic carbocycles. The summed E-state index contributed by atoms with van der Waals surface area (Å²) in [6, 6.07) is 25.5. The number of hydrogen-bond acceptors (Lipinski definition) is 3. The number of carbonyl (C=O) groups excluding carboxylic acids is 1. The van der Waals surface area contributed by atoms with E-state index in [1.54, 1.807) is 6.20 Å². The number of pyridine rings is 2. The maximum absolute atomic E-state index is 12.7. The lowest BCUT2D eigenvalue weighted by Crippen LogP contribution is -2.07. The maximum Gasteiger partial charge on any atom is 0.187 e. The van der Waals surface area contributed by atoms with Gasteiger partial charge in [0.15, 0.2) is 5.78 Å². The van der Waals surface area contributed by atoms with Gasteiger partial charge in [0, 0.05) is 17.3 Å². The first-order valence-corrected chi connectivity index (χ1v) is 8.19. The van der Waals surface area contributed by atoms with E-state index in [1.807, 2.05) is 66.7 Å². The molecule has 0 N–H and O–H groups in total. The summed E-state index contributed by atoms with van der Waals surface area (Å²) in [4.78, 5) is 21.6. The standard InChI is InChI=1S/C22H16N2O/c25-22(14-17-10-6-7-13-23-17)21-15-19(16-8-2-1-3-9-16)18-11-4-5-12-20(18)24-21/h1-13,15H,14H2. The number of hydrogen-bond donors (Lipinski definition) is 0. The van der Waals surface area contributed by atoms with Gasteiger partial charge in [-0.3, -0.25) is 9.78 Å². The predicted octanol–water partition coefficient (Wildman–Crippen LogP) is 4.72. The highest BCUT2D eigenvalue weighted by Gasteiger charge is 2.14. The number of carbonyl (C=O) groups is 1. The zero-order valence-corrected chi connectivity index (χ0v) is 13.6. The maximum atomic E-state index is 12.7. The molecular weight excluding hydrogens is 308 g/mol. The van der Waals surface area contributed by atoms with E-state index in [2.05, 4.69) is 22.1 Å². The summed E-state index contributed by atoms with van der Waals surface area (Å²) in [6.07, 6.45) is 1.95. The summed E-state index contributed by atoms with van der Waals surface area (Å²) in [7, 11) is 0. The summed E-state index contributed by atoms with van der Waals surface area (Å²) in [5.41, 5.74) is 4.16. The normalized spacial score (nSPS) is 10.7. The molecule has 3 heteroatoms. The molecule has 2 heterocycles. The number of benzene rings is 2. The van der Waals surface area contributed by atoms with Crippen molar-refractivity contribution in [2.45, 2.75) is 6.42 Å². The van der Waals surface area contributed by atoms with Gasteiger partial charge in [-0.2, -0.15) is 0 Å². The Kier molecular flexibility index (Phi) is 4.05. The summed E-state index contributed by atoms with van der Waals surface area (Å²) in [5, 5.41) is 1.04. The van der Waals surface area contributed by atoms with Gasteiger partial charge in [0.1, 0.15) is 5.69 Å². The van der Waals surface area contributed by atoms with Gasteiger partial charge in [0.2, 0.25) is 0 Å². The van der Waals surface area contributed by atoms with E-state index in [0.717, 1.165) is 27.7 Å². The number of aromatic nitrogens is 2. The third-order valence-electron chi connectivity index (χ3n) is 4.15. The average Bonchev–Trinajstić information content (AvgIpc) is 2.68. The van der Waals surface area contributed by atoms with E-state index in [-0.39, 0.29) is 12.2 Å². The zero-order chi connectivity index (χ0) is 17.1. The largest absolute Gasteiger partial charge is 0.292 e. The molecule has 0 atom stereocenters. The van der Waals surface area contributed by atoms with Crippen LogP contribution in [0.2, 0.25) is 0 Å². The average molecular weight is 324 g/mol. The molecule has 120 valence electrons. The first-order chi connectivity index (χ1) is 12.3. The van der Waals surface area contributed by atoms with Crippen molar-refractivity contribution < 1.29 is 4.79 Å². The number of rotatable bonds is 4. The molecule has 0 aliphatic heterocycles. The number of nitrogens with zero attached hydrogens (tertiary/aromatic N) is 2. The second-order valence-electron chi connectivity index (χ2n) is 5.86. The highest BCUT2D eigenvalue weighted by molar-refractivity contribution is 6.02. The van der Waals surface area contributed by atoms with Crippen molar-refractivity contribution in [1.29, 1.82) is 0 Å². The van der Waals surface area contributed by atoms with Crippen LogP contribution in [0.1, 0.15) is 16.2 Å². The van der Waals surface area contributed by atoms with Gasteiger partial charge < -0.3 is 0 Å². The molecular formula is C22H16N2O. The number of para-hydroxylation sites is 1. The Bertz CT molecular complexity index is 1030. The molecule has 0 saturated heterocycles. The van der Waals surface area contributed by atoms with E-state index in [4.69, 9.17) is 0 Å². The number of fused-ring (bicyclic) bond motifs is 1. The molecule has 0 amide bonds. The Morgan fingerprint density at radius 2 is 1.60 bits per heavy atom. The first kappa shape index (κ1) is 15.2. The Morgan fingerprint density at radius 3 is 2.40 bits per heavy atom. The van der Waals surface area contributed by atoms with E-state index in [1.165, 1.54) is 0 Å². The van der Waals surface area contributed by atoms with Crippen molar-refractivity contribution in [3.63, 3.8) is 0 Å². The number of Topliss-reactive ketones (excluding diaryl/α,β-unsaturated/α-hetero) is 1. The van der Waals surface area contributed by atoms with Crippen molar-refractivity contribution in [2.24, 2.45) is 0 Å². The molecule has 0 unspecified atom stereocenters. The van der Waals surface area contributed by atoms with Crippen LogP contribution >= 0.6 is 0 Å². The number of ketones is 1. The zero-order valence-electron chi connectivity index (χ0n) is 13.6. The quantitative estimate of drug-likeness (QED) is 0.510. The van der Waals surface area contributed by atoms with Crippen LogP contribution in [0.5, 0.6) is 0 Å². The van der Waals surface area contributed by atoms with Crippen molar-refractivity contribution in [2.75, 3.05) is 0 Å². The van der Waals surface area contributed by atoms with E-state index < -0.39 is 0 Å². The van der Waals surface area contributed by atoms with Gasteiger partial charge in [-0.25, -0.2) is 4.98 Å². The fraction of sp³-hybridized carbons (Fsp3) is 0.0455. The summed E-state index contributed by atoms with van der Waals surface area (Å²) < 4.78 is 0. The van der Waals surface area contributed by atoms with Gasteiger partial charge in [-0.15, -0.1) is 0 Å². The Hall–Kier alpha value is -3.33. The fourth-order valence-electron chi connectivity index (χ4n) is 2.93. The molecule has 0 saturated carbocycles. The van der Waals surface area contributed by atoms with E-state index in [0.29, 0.717) is 5.69 Å². The van der Waals surface area contributed by atoms with Gasteiger partial charge in [-0.05, 0) is 35.4 Å². The SMILES string of the molecule is O=C(Cc1ccccn1)c1cc(-c2ccccc2)c2ccccc2n1. The topological polar surface area (TPSA) is 42.9 Å². The van der Waals surface area contributed by atoms with Gasteiger partial charge in [0.25, 0.3) is 0 Å². The van der Waals surface area contributed by atoms with Crippen LogP contribution in [0, 0.1) is 0 Å². The van der Waals surface area contributed by atoms with Gasteiger partial charge >= 0.3 is 0 Å². The van der Waals surface area contributed by atoms with Crippen LogP contribution < -0.4 is 0 Å². The Morgan fingerprint density at radius 1 is 0.840 bits per heavy atom. The molecule has 25 heavy (non-hydrogen) atoms. The summed E-state index contributed by atoms with van der Waals surface area (Å²) >= 11 is 0.